The van der Waals surface area contributed by atoms with Crippen LogP contribution in [0.5, 0.6) is 28.7 Å². The van der Waals surface area contributed by atoms with Crippen molar-refractivity contribution in [3.05, 3.63) is 40.5 Å². The van der Waals surface area contributed by atoms with Crippen molar-refractivity contribution < 1.29 is 41.6 Å². The topological polar surface area (TPSA) is 119 Å². The predicted octanol–water partition coefficient (Wildman–Crippen LogP) is 2.49. The van der Waals surface area contributed by atoms with Gasteiger partial charge in [-0.25, -0.2) is 17.9 Å². The van der Waals surface area contributed by atoms with E-state index in [1.54, 1.807) is 30.4 Å². The van der Waals surface area contributed by atoms with Gasteiger partial charge in [0.1, 0.15) is 5.56 Å². The van der Waals surface area contributed by atoms with E-state index in [9.17, 15) is 13.2 Å². The zero-order valence-electron chi connectivity index (χ0n) is 19.6. The average Bonchev–Trinajstić information content (AvgIpc) is 3.28. The van der Waals surface area contributed by atoms with Gasteiger partial charge < -0.3 is 28.4 Å². The predicted molar refractivity (Wildman–Crippen MR) is 125 cm³/mol. The molecule has 0 aromatic heterocycles. The smallest absolute Gasteiger partial charge is 0.342 e. The summed E-state index contributed by atoms with van der Waals surface area (Å²) in [5, 5.41) is 0. The fourth-order valence-electron chi connectivity index (χ4n) is 3.61. The molecule has 1 heterocycles. The quantitative estimate of drug-likeness (QED) is 0.393. The highest BCUT2D eigenvalue weighted by Gasteiger charge is 2.25. The van der Waals surface area contributed by atoms with Gasteiger partial charge in [-0.1, -0.05) is 18.2 Å². The van der Waals surface area contributed by atoms with Gasteiger partial charge in [0.25, 0.3) is 0 Å². The van der Waals surface area contributed by atoms with Gasteiger partial charge in [0.05, 0.1) is 34.7 Å². The Labute approximate surface area is 198 Å². The number of methoxy groups -OCH3 is 4. The Bertz CT molecular complexity index is 1210. The van der Waals surface area contributed by atoms with Crippen molar-refractivity contribution in [1.29, 1.82) is 0 Å². The molecule has 0 unspecified atom stereocenters. The van der Waals surface area contributed by atoms with Crippen LogP contribution >= 0.6 is 0 Å². The summed E-state index contributed by atoms with van der Waals surface area (Å²) in [6, 6.07) is 5.16. The summed E-state index contributed by atoms with van der Waals surface area (Å²) in [7, 11) is 2.34. The van der Waals surface area contributed by atoms with Crippen LogP contribution < -0.4 is 28.4 Å². The van der Waals surface area contributed by atoms with E-state index in [0.29, 0.717) is 40.5 Å². The Kier molecular flexibility index (Phi) is 7.90. The molecule has 0 bridgehead atoms. The maximum atomic E-state index is 12.6. The molecule has 184 valence electrons. The zero-order chi connectivity index (χ0) is 24.9. The van der Waals surface area contributed by atoms with Gasteiger partial charge in [-0.05, 0) is 29.7 Å². The van der Waals surface area contributed by atoms with Crippen LogP contribution in [0.15, 0.2) is 18.2 Å². The third-order valence-electron chi connectivity index (χ3n) is 5.10. The Morgan fingerprint density at radius 1 is 1.06 bits per heavy atom. The number of ether oxygens (including phenoxy) is 6. The zero-order valence-corrected chi connectivity index (χ0v) is 20.4. The molecule has 0 amide bonds. The van der Waals surface area contributed by atoms with Gasteiger partial charge in [-0.15, -0.1) is 0 Å². The lowest BCUT2D eigenvalue weighted by atomic mass is 9.99. The summed E-state index contributed by atoms with van der Waals surface area (Å²) >= 11 is 0. The minimum absolute atomic E-state index is 0.0437. The summed E-state index contributed by atoms with van der Waals surface area (Å²) in [6.07, 6.45) is 4.92. The van der Waals surface area contributed by atoms with Gasteiger partial charge in [-0.2, -0.15) is 0 Å². The van der Waals surface area contributed by atoms with E-state index in [1.807, 2.05) is 0 Å². The van der Waals surface area contributed by atoms with Gasteiger partial charge in [-0.3, -0.25) is 0 Å². The molecule has 0 spiro atoms. The molecule has 0 aliphatic carbocycles. The molecule has 0 atom stereocenters. The first-order chi connectivity index (χ1) is 16.2. The van der Waals surface area contributed by atoms with E-state index in [2.05, 4.69) is 4.72 Å². The molecule has 10 nitrogen and oxygen atoms in total. The van der Waals surface area contributed by atoms with Gasteiger partial charge >= 0.3 is 5.97 Å². The lowest BCUT2D eigenvalue weighted by molar-refractivity contribution is 0.0596. The van der Waals surface area contributed by atoms with Crippen LogP contribution in [0.2, 0.25) is 0 Å². The highest BCUT2D eigenvalue weighted by atomic mass is 32.2. The molecule has 2 aromatic rings. The molecule has 34 heavy (non-hydrogen) atoms. The van der Waals surface area contributed by atoms with Crippen LogP contribution in [-0.4, -0.2) is 62.4 Å². The van der Waals surface area contributed by atoms with Crippen molar-refractivity contribution in [2.24, 2.45) is 0 Å². The first kappa shape index (κ1) is 25.2. The minimum Gasteiger partial charge on any atom is -0.493 e. The van der Waals surface area contributed by atoms with Crippen LogP contribution in [0.3, 0.4) is 0 Å². The van der Waals surface area contributed by atoms with Crippen molar-refractivity contribution in [1.82, 2.24) is 4.72 Å². The number of hydrogen-bond acceptors (Lipinski definition) is 9. The lowest BCUT2D eigenvalue weighted by Gasteiger charge is -2.15. The molecule has 0 radical (unpaired) electrons. The number of esters is 1. The van der Waals surface area contributed by atoms with E-state index in [1.165, 1.54) is 28.4 Å². The summed E-state index contributed by atoms with van der Waals surface area (Å²) in [5.74, 6) is 1.42. The lowest BCUT2D eigenvalue weighted by Crippen LogP contribution is -2.24. The number of nitrogens with one attached hydrogen (secondary N) is 1. The third kappa shape index (κ3) is 5.37. The van der Waals surface area contributed by atoms with Gasteiger partial charge in [0.2, 0.25) is 22.6 Å². The van der Waals surface area contributed by atoms with Crippen LogP contribution in [0.4, 0.5) is 0 Å². The van der Waals surface area contributed by atoms with E-state index in [0.717, 1.165) is 11.8 Å². The Balaban J connectivity index is 2.11. The number of rotatable bonds is 10. The van der Waals surface area contributed by atoms with E-state index in [-0.39, 0.29) is 24.7 Å². The van der Waals surface area contributed by atoms with Crippen molar-refractivity contribution in [2.45, 2.75) is 6.42 Å². The fourth-order valence-corrected chi connectivity index (χ4v) is 4.08. The maximum absolute atomic E-state index is 12.6. The molecule has 1 aliphatic heterocycles. The fraction of sp³-hybridized carbons (Fsp3) is 0.348. The highest BCUT2D eigenvalue weighted by molar-refractivity contribution is 7.88. The monoisotopic (exact) mass is 493 g/mol. The maximum Gasteiger partial charge on any atom is 0.342 e. The molecule has 0 saturated carbocycles. The molecule has 2 aromatic carbocycles. The van der Waals surface area contributed by atoms with Crippen molar-refractivity contribution in [3.8, 4) is 28.7 Å². The first-order valence-electron chi connectivity index (χ1n) is 10.2. The first-order valence-corrected chi connectivity index (χ1v) is 12.1. The number of benzene rings is 2. The van der Waals surface area contributed by atoms with Gasteiger partial charge in [0.15, 0.2) is 23.0 Å². The molecular formula is C23H27NO9S. The summed E-state index contributed by atoms with van der Waals surface area (Å²) in [5.41, 5.74) is 2.12. The molecule has 0 fully saturated rings. The van der Waals surface area contributed by atoms with E-state index < -0.39 is 16.0 Å². The van der Waals surface area contributed by atoms with Crippen molar-refractivity contribution in [2.75, 3.05) is 48.0 Å². The molecule has 1 aliphatic rings. The molecular weight excluding hydrogens is 466 g/mol. The van der Waals surface area contributed by atoms with Crippen LogP contribution in [0, 0.1) is 0 Å². The molecule has 1 N–H and O–H groups in total. The Hall–Kier alpha value is -3.44. The summed E-state index contributed by atoms with van der Waals surface area (Å²) in [6.45, 7) is 0.217. The van der Waals surface area contributed by atoms with Crippen LogP contribution in [0.25, 0.3) is 12.2 Å². The standard InChI is InChI=1S/C23H27NO9S/c1-28-17-9-7-14(19(21(17)30-3)23(25)31-4)6-8-16-15(10-11-24-34(5,26)27)12-18-22(20(16)29-2)33-13-32-18/h6-9,12,24H,10-11,13H2,1-5H3/b8-6+. The number of carbonyl (C=O) groups excluding carboxylic acids is 1. The van der Waals surface area contributed by atoms with E-state index in [4.69, 9.17) is 28.4 Å². The van der Waals surface area contributed by atoms with E-state index >= 15 is 0 Å². The normalized spacial score (nSPS) is 12.6. The van der Waals surface area contributed by atoms with Crippen LogP contribution in [-0.2, 0) is 21.2 Å². The Morgan fingerprint density at radius 2 is 1.79 bits per heavy atom. The van der Waals surface area contributed by atoms with Crippen LogP contribution in [0.1, 0.15) is 27.0 Å². The molecule has 0 saturated heterocycles. The second kappa shape index (κ2) is 10.7. The van der Waals surface area contributed by atoms with Gasteiger partial charge in [0, 0.05) is 12.1 Å². The second-order valence-corrected chi connectivity index (χ2v) is 9.06. The van der Waals surface area contributed by atoms with Crippen molar-refractivity contribution >= 4 is 28.1 Å². The third-order valence-corrected chi connectivity index (χ3v) is 5.83. The van der Waals surface area contributed by atoms with Crippen molar-refractivity contribution in [3.63, 3.8) is 0 Å². The minimum atomic E-state index is -3.35. The summed E-state index contributed by atoms with van der Waals surface area (Å²) in [4.78, 5) is 12.6. The SMILES string of the molecule is COC(=O)c1c(/C=C/c2c(CCNS(C)(=O)=O)cc3c(c2OC)OCO3)ccc(OC)c1OC. The number of hydrogen-bond donors (Lipinski definition) is 1. The highest BCUT2D eigenvalue weighted by Crippen LogP contribution is 2.46. The number of fused-ring (bicyclic) bond motifs is 1. The molecule has 11 heteroatoms. The number of sulfonamides is 1. The Morgan fingerprint density at radius 3 is 2.41 bits per heavy atom. The summed E-state index contributed by atoms with van der Waals surface area (Å²) < 4.78 is 57.9. The average molecular weight is 494 g/mol. The largest absolute Gasteiger partial charge is 0.493 e. The number of carbonyl (C=O) groups is 1. The molecule has 3 rings (SSSR count). The second-order valence-electron chi connectivity index (χ2n) is 7.22.